The maximum atomic E-state index is 12.2. The molecule has 0 aromatic heterocycles. The van der Waals surface area contributed by atoms with Crippen LogP contribution >= 0.6 is 0 Å². The molecule has 1 aromatic carbocycles. The molecule has 7 nitrogen and oxygen atoms in total. The number of carbonyl (C=O) groups excluding carboxylic acids is 1. The number of carboxylic acids is 1. The van der Waals surface area contributed by atoms with Crippen molar-refractivity contribution in [1.29, 1.82) is 0 Å². The van der Waals surface area contributed by atoms with Gasteiger partial charge in [-0.15, -0.1) is 0 Å². The summed E-state index contributed by atoms with van der Waals surface area (Å²) in [6.07, 6.45) is 0.657. The van der Waals surface area contributed by atoms with Gasteiger partial charge in [0, 0.05) is 0 Å². The summed E-state index contributed by atoms with van der Waals surface area (Å²) in [5.41, 5.74) is 0.540. The fourth-order valence-electron chi connectivity index (χ4n) is 2.02. The number of sulfone groups is 1. The first-order valence-corrected chi connectivity index (χ1v) is 8.05. The fourth-order valence-corrected chi connectivity index (χ4v) is 3.49. The van der Waals surface area contributed by atoms with E-state index in [1.807, 2.05) is 0 Å². The molecule has 1 heterocycles. The normalized spacial score (nSPS) is 16.3. The summed E-state index contributed by atoms with van der Waals surface area (Å²) in [5, 5.41) is 11.0. The van der Waals surface area contributed by atoms with Crippen molar-refractivity contribution in [3.8, 4) is 0 Å². The molecule has 0 radical (unpaired) electrons. The Balaban J connectivity index is 2.02. The number of nitrogens with one attached hydrogen (secondary N) is 1. The summed E-state index contributed by atoms with van der Waals surface area (Å²) in [6.45, 7) is 1.15. The molecule has 118 valence electrons. The largest absolute Gasteiger partial charge is 0.480 e. The smallest absolute Gasteiger partial charge is 0.408 e. The summed E-state index contributed by atoms with van der Waals surface area (Å²) < 4.78 is 29.2. The monoisotopic (exact) mass is 325 g/mol. The van der Waals surface area contributed by atoms with E-state index in [1.54, 1.807) is 25.1 Å². The van der Waals surface area contributed by atoms with E-state index in [4.69, 9.17) is 9.84 Å². The average molecular weight is 325 g/mol. The van der Waals surface area contributed by atoms with E-state index in [9.17, 15) is 18.0 Å². The second-order valence-electron chi connectivity index (χ2n) is 4.67. The molecule has 22 heavy (non-hydrogen) atoms. The SMILES string of the molecule is CCC(NC(=O)OCC1=Cc2ccccc2S1(=O)=O)C(=O)O. The van der Waals surface area contributed by atoms with Crippen LogP contribution in [0.4, 0.5) is 4.79 Å². The van der Waals surface area contributed by atoms with Gasteiger partial charge in [0.2, 0.25) is 9.84 Å². The zero-order chi connectivity index (χ0) is 16.3. The van der Waals surface area contributed by atoms with Gasteiger partial charge in [-0.3, -0.25) is 0 Å². The molecule has 1 aromatic rings. The van der Waals surface area contributed by atoms with E-state index in [1.165, 1.54) is 12.1 Å². The van der Waals surface area contributed by atoms with Gasteiger partial charge in [-0.2, -0.15) is 0 Å². The van der Waals surface area contributed by atoms with Gasteiger partial charge in [-0.05, 0) is 24.1 Å². The third kappa shape index (κ3) is 3.11. The summed E-state index contributed by atoms with van der Waals surface area (Å²) in [6, 6.07) is 5.38. The van der Waals surface area contributed by atoms with Gasteiger partial charge in [-0.25, -0.2) is 18.0 Å². The molecule has 2 rings (SSSR count). The van der Waals surface area contributed by atoms with Gasteiger partial charge in [-0.1, -0.05) is 25.1 Å². The van der Waals surface area contributed by atoms with Crippen LogP contribution in [0.5, 0.6) is 0 Å². The van der Waals surface area contributed by atoms with Crippen LogP contribution in [0, 0.1) is 0 Å². The highest BCUT2D eigenvalue weighted by Gasteiger charge is 2.30. The highest BCUT2D eigenvalue weighted by molar-refractivity contribution is 7.95. The zero-order valence-electron chi connectivity index (χ0n) is 11.8. The molecule has 0 saturated heterocycles. The predicted molar refractivity (Wildman–Crippen MR) is 77.8 cm³/mol. The molecule has 1 atom stereocenters. The van der Waals surface area contributed by atoms with E-state index in [-0.39, 0.29) is 16.2 Å². The Labute approximate surface area is 127 Å². The van der Waals surface area contributed by atoms with Crippen molar-refractivity contribution >= 4 is 28.0 Å². The Kier molecular flexibility index (Phi) is 4.51. The van der Waals surface area contributed by atoms with Crippen LogP contribution in [0.15, 0.2) is 34.1 Å². The molecule has 0 bridgehead atoms. The summed E-state index contributed by atoms with van der Waals surface area (Å²) in [5.74, 6) is -1.18. The van der Waals surface area contributed by atoms with Crippen LogP contribution in [-0.4, -0.2) is 38.2 Å². The quantitative estimate of drug-likeness (QED) is 0.847. The first kappa shape index (κ1) is 16.0. The number of fused-ring (bicyclic) bond motifs is 1. The van der Waals surface area contributed by atoms with Crippen LogP contribution in [0.3, 0.4) is 0 Å². The number of hydrogen-bond acceptors (Lipinski definition) is 5. The maximum absolute atomic E-state index is 12.2. The summed E-state index contributed by atoms with van der Waals surface area (Å²) in [4.78, 5) is 22.5. The van der Waals surface area contributed by atoms with E-state index >= 15 is 0 Å². The summed E-state index contributed by atoms with van der Waals surface area (Å²) in [7, 11) is -3.65. The molecule has 1 unspecified atom stereocenters. The van der Waals surface area contributed by atoms with E-state index in [2.05, 4.69) is 5.32 Å². The van der Waals surface area contributed by atoms with Crippen molar-refractivity contribution in [2.75, 3.05) is 6.61 Å². The second-order valence-corrected chi connectivity index (χ2v) is 6.64. The standard InChI is InChI=1S/C14H15NO6S/c1-2-11(13(16)17)15-14(18)21-8-10-7-9-5-3-4-6-12(9)22(10,19)20/h3-7,11H,2,8H2,1H3,(H,15,18)(H,16,17). The number of hydrogen-bond donors (Lipinski definition) is 2. The van der Waals surface area contributed by atoms with Crippen LogP contribution in [0.2, 0.25) is 0 Å². The zero-order valence-corrected chi connectivity index (χ0v) is 12.6. The highest BCUT2D eigenvalue weighted by atomic mass is 32.2. The van der Waals surface area contributed by atoms with Crippen molar-refractivity contribution in [2.45, 2.75) is 24.3 Å². The molecular formula is C14H15NO6S. The molecule has 0 fully saturated rings. The first-order valence-electron chi connectivity index (χ1n) is 6.57. The third-order valence-corrected chi connectivity index (χ3v) is 5.09. The van der Waals surface area contributed by atoms with E-state index in [0.717, 1.165) is 0 Å². The van der Waals surface area contributed by atoms with Gasteiger partial charge in [0.05, 0.1) is 9.80 Å². The Hall–Kier alpha value is -2.35. The lowest BCUT2D eigenvalue weighted by Gasteiger charge is -2.12. The van der Waals surface area contributed by atoms with Gasteiger partial charge >= 0.3 is 12.1 Å². The molecule has 1 aliphatic heterocycles. The Morgan fingerprint density at radius 3 is 2.59 bits per heavy atom. The first-order chi connectivity index (χ1) is 10.4. The molecule has 0 aliphatic carbocycles. The number of carboxylic acid groups (broad SMARTS) is 1. The topological polar surface area (TPSA) is 110 Å². The number of alkyl carbamates (subject to hydrolysis) is 1. The van der Waals surface area contributed by atoms with Crippen molar-refractivity contribution in [2.24, 2.45) is 0 Å². The molecule has 0 spiro atoms. The minimum Gasteiger partial charge on any atom is -0.480 e. The van der Waals surface area contributed by atoms with Crippen molar-refractivity contribution in [3.63, 3.8) is 0 Å². The molecule has 0 saturated carbocycles. The van der Waals surface area contributed by atoms with Gasteiger partial charge in [0.15, 0.2) is 0 Å². The minimum absolute atomic E-state index is 0.0350. The van der Waals surface area contributed by atoms with Crippen molar-refractivity contribution in [1.82, 2.24) is 5.32 Å². The lowest BCUT2D eigenvalue weighted by Crippen LogP contribution is -2.40. The lowest BCUT2D eigenvalue weighted by atomic mass is 10.2. The Morgan fingerprint density at radius 1 is 1.32 bits per heavy atom. The number of amides is 1. The Bertz CT molecular complexity index is 737. The van der Waals surface area contributed by atoms with Crippen LogP contribution in [0.25, 0.3) is 6.08 Å². The summed E-state index contributed by atoms with van der Waals surface area (Å²) >= 11 is 0. The maximum Gasteiger partial charge on any atom is 0.408 e. The van der Waals surface area contributed by atoms with Crippen molar-refractivity contribution in [3.05, 3.63) is 34.7 Å². The number of ether oxygens (including phenoxy) is 1. The number of aliphatic carboxylic acids is 1. The highest BCUT2D eigenvalue weighted by Crippen LogP contribution is 2.32. The molecule has 8 heteroatoms. The van der Waals surface area contributed by atoms with E-state index in [0.29, 0.717) is 5.56 Å². The molecule has 1 aliphatic rings. The van der Waals surface area contributed by atoms with Crippen LogP contribution in [-0.2, 0) is 19.4 Å². The van der Waals surface area contributed by atoms with Gasteiger partial charge < -0.3 is 15.2 Å². The predicted octanol–water partition coefficient (Wildman–Crippen LogP) is 1.40. The lowest BCUT2D eigenvalue weighted by molar-refractivity contribution is -0.139. The van der Waals surface area contributed by atoms with Gasteiger partial charge in [0.1, 0.15) is 12.6 Å². The molecule has 2 N–H and O–H groups in total. The van der Waals surface area contributed by atoms with Crippen LogP contribution < -0.4 is 5.32 Å². The number of benzene rings is 1. The third-order valence-electron chi connectivity index (χ3n) is 3.21. The van der Waals surface area contributed by atoms with Crippen LogP contribution in [0.1, 0.15) is 18.9 Å². The van der Waals surface area contributed by atoms with Crippen molar-refractivity contribution < 1.29 is 27.9 Å². The van der Waals surface area contributed by atoms with Gasteiger partial charge in [0.25, 0.3) is 0 Å². The average Bonchev–Trinajstić information content (AvgIpc) is 2.73. The Morgan fingerprint density at radius 2 is 2.00 bits per heavy atom. The number of carbonyl (C=O) groups is 2. The molecular weight excluding hydrogens is 310 g/mol. The van der Waals surface area contributed by atoms with E-state index < -0.39 is 34.5 Å². The fraction of sp³-hybridized carbons (Fsp3) is 0.286. The minimum atomic E-state index is -3.65. The number of rotatable bonds is 5. The second kappa shape index (κ2) is 6.18. The molecule has 1 amide bonds.